The van der Waals surface area contributed by atoms with E-state index in [2.05, 4.69) is 30.7 Å². The van der Waals surface area contributed by atoms with Gasteiger partial charge in [-0.15, -0.1) is 11.3 Å². The number of piperidine rings is 1. The molecule has 0 saturated carbocycles. The Hall–Kier alpha value is -0.940. The molecule has 0 radical (unpaired) electrons. The molecule has 112 valence electrons. The summed E-state index contributed by atoms with van der Waals surface area (Å²) in [4.78, 5) is 18.5. The number of likely N-dealkylation sites (tertiary alicyclic amines) is 1. The summed E-state index contributed by atoms with van der Waals surface area (Å²) < 4.78 is 0. The second-order valence-corrected chi connectivity index (χ2v) is 7.03. The minimum absolute atomic E-state index is 0.287. The van der Waals surface area contributed by atoms with Crippen LogP contribution in [0.5, 0.6) is 0 Å². The van der Waals surface area contributed by atoms with Crippen molar-refractivity contribution in [3.8, 4) is 0 Å². The Kier molecular flexibility index (Phi) is 4.81. The van der Waals surface area contributed by atoms with E-state index < -0.39 is 5.97 Å². The van der Waals surface area contributed by atoms with Crippen LogP contribution in [0.15, 0.2) is 0 Å². The SMILES string of the molecule is Cc1nc(C(C)CN2C(C)CCCC2C)sc1C(=O)O. The summed E-state index contributed by atoms with van der Waals surface area (Å²) in [7, 11) is 0. The van der Waals surface area contributed by atoms with Crippen LogP contribution in [-0.2, 0) is 0 Å². The lowest BCUT2D eigenvalue weighted by Crippen LogP contribution is -2.45. The monoisotopic (exact) mass is 296 g/mol. The van der Waals surface area contributed by atoms with Crippen molar-refractivity contribution in [1.29, 1.82) is 0 Å². The highest BCUT2D eigenvalue weighted by atomic mass is 32.1. The number of aromatic nitrogens is 1. The molecule has 1 aliphatic rings. The summed E-state index contributed by atoms with van der Waals surface area (Å²) in [6.45, 7) is 9.48. The molecule has 0 aliphatic carbocycles. The normalized spacial score (nSPS) is 25.6. The number of hydrogen-bond acceptors (Lipinski definition) is 4. The van der Waals surface area contributed by atoms with Crippen LogP contribution in [0.2, 0.25) is 0 Å². The molecule has 2 rings (SSSR count). The van der Waals surface area contributed by atoms with Crippen molar-refractivity contribution >= 4 is 17.3 Å². The van der Waals surface area contributed by atoms with Gasteiger partial charge in [0.15, 0.2) is 0 Å². The van der Waals surface area contributed by atoms with Gasteiger partial charge in [0.25, 0.3) is 0 Å². The van der Waals surface area contributed by atoms with Gasteiger partial charge >= 0.3 is 5.97 Å². The van der Waals surface area contributed by atoms with Crippen molar-refractivity contribution in [2.75, 3.05) is 6.54 Å². The molecule has 20 heavy (non-hydrogen) atoms. The lowest BCUT2D eigenvalue weighted by Gasteiger charge is -2.40. The number of carboxylic acids is 1. The highest BCUT2D eigenvalue weighted by Crippen LogP contribution is 2.29. The average molecular weight is 296 g/mol. The highest BCUT2D eigenvalue weighted by Gasteiger charge is 2.27. The first-order chi connectivity index (χ1) is 9.40. The predicted molar refractivity (Wildman–Crippen MR) is 81.7 cm³/mol. The zero-order valence-electron chi connectivity index (χ0n) is 12.7. The third kappa shape index (κ3) is 3.20. The summed E-state index contributed by atoms with van der Waals surface area (Å²) in [6.07, 6.45) is 3.83. The van der Waals surface area contributed by atoms with Gasteiger partial charge in [-0.05, 0) is 33.6 Å². The zero-order valence-corrected chi connectivity index (χ0v) is 13.5. The quantitative estimate of drug-likeness (QED) is 0.923. The minimum Gasteiger partial charge on any atom is -0.477 e. The maximum atomic E-state index is 11.1. The zero-order chi connectivity index (χ0) is 14.9. The molecule has 0 spiro atoms. The third-order valence-corrected chi connectivity index (χ3v) is 5.67. The number of hydrogen-bond donors (Lipinski definition) is 1. The number of carbonyl (C=O) groups is 1. The first-order valence-corrected chi connectivity index (χ1v) is 8.18. The summed E-state index contributed by atoms with van der Waals surface area (Å²) >= 11 is 1.33. The van der Waals surface area contributed by atoms with Gasteiger partial charge in [-0.25, -0.2) is 9.78 Å². The predicted octanol–water partition coefficient (Wildman–Crippen LogP) is 3.52. The van der Waals surface area contributed by atoms with E-state index in [1.165, 1.54) is 30.6 Å². The highest BCUT2D eigenvalue weighted by molar-refractivity contribution is 7.13. The topological polar surface area (TPSA) is 53.4 Å². The molecule has 1 aromatic rings. The number of nitrogens with zero attached hydrogens (tertiary/aromatic N) is 2. The van der Waals surface area contributed by atoms with E-state index >= 15 is 0 Å². The van der Waals surface area contributed by atoms with Crippen molar-refractivity contribution in [2.24, 2.45) is 0 Å². The van der Waals surface area contributed by atoms with Crippen molar-refractivity contribution in [1.82, 2.24) is 9.88 Å². The van der Waals surface area contributed by atoms with E-state index in [4.69, 9.17) is 5.11 Å². The van der Waals surface area contributed by atoms with E-state index in [9.17, 15) is 4.79 Å². The fraction of sp³-hybridized carbons (Fsp3) is 0.733. The van der Waals surface area contributed by atoms with Gasteiger partial charge in [-0.3, -0.25) is 4.90 Å². The first kappa shape index (κ1) is 15.4. The van der Waals surface area contributed by atoms with Crippen LogP contribution in [-0.4, -0.2) is 39.6 Å². The molecule has 0 bridgehead atoms. The van der Waals surface area contributed by atoms with Crippen LogP contribution in [0, 0.1) is 6.92 Å². The van der Waals surface area contributed by atoms with Crippen LogP contribution >= 0.6 is 11.3 Å². The van der Waals surface area contributed by atoms with E-state index in [-0.39, 0.29) is 5.92 Å². The Labute approximate surface area is 124 Å². The smallest absolute Gasteiger partial charge is 0.347 e. The van der Waals surface area contributed by atoms with Gasteiger partial charge < -0.3 is 5.11 Å². The molecule has 2 heterocycles. The minimum atomic E-state index is -0.863. The Bertz CT molecular complexity index is 476. The molecular weight excluding hydrogens is 272 g/mol. The largest absolute Gasteiger partial charge is 0.477 e. The summed E-state index contributed by atoms with van der Waals surface area (Å²) in [5.41, 5.74) is 0.643. The lowest BCUT2D eigenvalue weighted by atomic mass is 9.96. The Morgan fingerprint density at radius 1 is 1.45 bits per heavy atom. The van der Waals surface area contributed by atoms with Gasteiger partial charge in [0.1, 0.15) is 4.88 Å². The molecule has 1 fully saturated rings. The van der Waals surface area contributed by atoms with E-state index in [0.29, 0.717) is 22.7 Å². The van der Waals surface area contributed by atoms with E-state index in [1.54, 1.807) is 6.92 Å². The molecule has 3 unspecified atom stereocenters. The van der Waals surface area contributed by atoms with Gasteiger partial charge in [-0.2, -0.15) is 0 Å². The van der Waals surface area contributed by atoms with Crippen LogP contribution < -0.4 is 0 Å². The fourth-order valence-electron chi connectivity index (χ4n) is 3.06. The molecule has 4 nitrogen and oxygen atoms in total. The van der Waals surface area contributed by atoms with Crippen molar-refractivity contribution in [3.63, 3.8) is 0 Å². The van der Waals surface area contributed by atoms with E-state index in [1.807, 2.05) is 0 Å². The summed E-state index contributed by atoms with van der Waals surface area (Å²) in [5.74, 6) is -0.576. The molecule has 0 amide bonds. The van der Waals surface area contributed by atoms with Gasteiger partial charge in [-0.1, -0.05) is 13.3 Å². The maximum absolute atomic E-state index is 11.1. The van der Waals surface area contributed by atoms with Gasteiger partial charge in [0, 0.05) is 24.5 Å². The van der Waals surface area contributed by atoms with Crippen molar-refractivity contribution < 1.29 is 9.90 Å². The number of carboxylic acid groups (broad SMARTS) is 1. The lowest BCUT2D eigenvalue weighted by molar-refractivity contribution is 0.0701. The fourth-order valence-corrected chi connectivity index (χ4v) is 4.00. The number of thiazole rings is 1. The summed E-state index contributed by atoms with van der Waals surface area (Å²) in [5, 5.41) is 10.1. The van der Waals surface area contributed by atoms with E-state index in [0.717, 1.165) is 11.6 Å². The first-order valence-electron chi connectivity index (χ1n) is 7.36. The second kappa shape index (κ2) is 6.22. The van der Waals surface area contributed by atoms with Crippen LogP contribution in [0.1, 0.15) is 66.3 Å². The number of aryl methyl sites for hydroxylation is 1. The van der Waals surface area contributed by atoms with Crippen LogP contribution in [0.4, 0.5) is 0 Å². The Morgan fingerprint density at radius 2 is 2.05 bits per heavy atom. The average Bonchev–Trinajstić information content (AvgIpc) is 2.76. The number of rotatable bonds is 4. The van der Waals surface area contributed by atoms with Crippen molar-refractivity contribution in [2.45, 2.75) is 65.0 Å². The van der Waals surface area contributed by atoms with Gasteiger partial charge in [0.2, 0.25) is 0 Å². The maximum Gasteiger partial charge on any atom is 0.347 e. The molecule has 0 aromatic carbocycles. The molecule has 3 atom stereocenters. The molecule has 1 aliphatic heterocycles. The molecule has 1 N–H and O–H groups in total. The summed E-state index contributed by atoms with van der Waals surface area (Å²) in [6, 6.07) is 1.22. The standard InChI is InChI=1S/C15H24N2O2S/c1-9(8-17-10(2)6-5-7-11(17)3)14-16-12(4)13(20-14)15(18)19/h9-11H,5-8H2,1-4H3,(H,18,19). The van der Waals surface area contributed by atoms with Crippen molar-refractivity contribution in [3.05, 3.63) is 15.6 Å². The second-order valence-electron chi connectivity index (χ2n) is 6.00. The van der Waals surface area contributed by atoms with Gasteiger partial charge in [0.05, 0.1) is 10.7 Å². The van der Waals surface area contributed by atoms with Crippen LogP contribution in [0.3, 0.4) is 0 Å². The van der Waals surface area contributed by atoms with Crippen LogP contribution in [0.25, 0.3) is 0 Å². The number of aromatic carboxylic acids is 1. The molecule has 5 heteroatoms. The molecular formula is C15H24N2O2S. The molecule has 1 aromatic heterocycles. The molecule has 1 saturated heterocycles. The Balaban J connectivity index is 2.09. The Morgan fingerprint density at radius 3 is 2.55 bits per heavy atom. The third-order valence-electron chi connectivity index (χ3n) is 4.29.